The number of rotatable bonds is 12. The molecule has 0 aromatic heterocycles. The van der Waals surface area contributed by atoms with Crippen molar-refractivity contribution in [2.75, 3.05) is 28.8 Å². The maximum absolute atomic E-state index is 10.2. The third kappa shape index (κ3) is 21.4. The van der Waals surface area contributed by atoms with Crippen molar-refractivity contribution in [3.63, 3.8) is 0 Å². The Kier molecular flexibility index (Phi) is 22.0. The minimum Gasteiger partial charge on any atom is -0.454 e. The lowest BCUT2D eigenvalue weighted by molar-refractivity contribution is 0.153. The second-order valence-corrected chi connectivity index (χ2v) is 18.0. The van der Waals surface area contributed by atoms with Crippen LogP contribution in [0.4, 0.5) is 4.79 Å². The SMILES string of the molecule is CC(S)CSC(C)CSc1cccc(SCC(C)SCC(C)S)c1.CC1CSC(=O)O1.Sc1cccc(S)c1. The Labute approximate surface area is 280 Å². The molecule has 3 rings (SSSR count). The van der Waals surface area contributed by atoms with Gasteiger partial charge in [0.2, 0.25) is 0 Å². The van der Waals surface area contributed by atoms with Crippen LogP contribution in [0.2, 0.25) is 0 Å². The van der Waals surface area contributed by atoms with Crippen molar-refractivity contribution < 1.29 is 9.53 Å². The van der Waals surface area contributed by atoms with Gasteiger partial charge < -0.3 is 4.74 Å². The standard InChI is InChI=1S/C18H30S6.C6H6S2.C4H6O2S/c1-13(19)9-21-15(3)11-23-17-6-5-7-18(8-17)24-12-16(4)22-10-14(2)20;7-5-2-1-3-6(8)4-5;1-3-2-7-4(5)6-3/h5-8,13-16,19-20H,9-12H2,1-4H3;1-4,7-8H;3H,2H2,1H3. The summed E-state index contributed by atoms with van der Waals surface area (Å²) in [6.45, 7) is 10.8. The van der Waals surface area contributed by atoms with Crippen molar-refractivity contribution >= 4 is 115 Å². The fourth-order valence-electron chi connectivity index (χ4n) is 2.69. The average molecular weight is 699 g/mol. The van der Waals surface area contributed by atoms with Crippen molar-refractivity contribution in [2.45, 2.75) is 81.3 Å². The van der Waals surface area contributed by atoms with Gasteiger partial charge in [-0.2, -0.15) is 48.8 Å². The lowest BCUT2D eigenvalue weighted by Crippen LogP contribution is -2.05. The van der Waals surface area contributed by atoms with Crippen LogP contribution in [0.1, 0.15) is 34.6 Å². The molecule has 39 heavy (non-hydrogen) atoms. The molecule has 0 saturated carbocycles. The minimum atomic E-state index is -0.132. The highest BCUT2D eigenvalue weighted by Crippen LogP contribution is 2.30. The van der Waals surface area contributed by atoms with E-state index in [4.69, 9.17) is 0 Å². The van der Waals surface area contributed by atoms with E-state index in [-0.39, 0.29) is 11.4 Å². The van der Waals surface area contributed by atoms with Gasteiger partial charge in [-0.3, -0.25) is 0 Å². The molecule has 1 aliphatic rings. The summed E-state index contributed by atoms with van der Waals surface area (Å²) in [7, 11) is 0. The number of hydrogen-bond acceptors (Lipinski definition) is 11. The molecule has 0 N–H and O–H groups in total. The van der Waals surface area contributed by atoms with Gasteiger partial charge in [-0.1, -0.05) is 39.8 Å². The fraction of sp³-hybridized carbons (Fsp3) is 0.536. The molecular weight excluding hydrogens is 657 g/mol. The molecule has 0 aliphatic carbocycles. The number of carbonyl (C=O) groups excluding carboxylic acids is 1. The van der Waals surface area contributed by atoms with Crippen LogP contribution in [0, 0.1) is 0 Å². The third-order valence-electron chi connectivity index (χ3n) is 4.58. The van der Waals surface area contributed by atoms with E-state index in [1.807, 2.05) is 78.2 Å². The summed E-state index contributed by atoms with van der Waals surface area (Å²) in [6, 6.07) is 16.6. The van der Waals surface area contributed by atoms with Crippen LogP contribution < -0.4 is 0 Å². The van der Waals surface area contributed by atoms with Gasteiger partial charge in [0.1, 0.15) is 6.10 Å². The van der Waals surface area contributed by atoms with E-state index in [0.29, 0.717) is 21.0 Å². The fourth-order valence-corrected chi connectivity index (χ4v) is 8.53. The monoisotopic (exact) mass is 698 g/mol. The summed E-state index contributed by atoms with van der Waals surface area (Å²) < 4.78 is 4.69. The zero-order valence-corrected chi connectivity index (χ0v) is 30.8. The Morgan fingerprint density at radius 1 is 0.821 bits per heavy atom. The van der Waals surface area contributed by atoms with Gasteiger partial charge in [0.05, 0.1) is 0 Å². The topological polar surface area (TPSA) is 26.3 Å². The summed E-state index contributed by atoms with van der Waals surface area (Å²) in [5, 5.41) is 2.16. The first-order valence-electron chi connectivity index (χ1n) is 12.7. The number of ether oxygens (including phenoxy) is 1. The van der Waals surface area contributed by atoms with E-state index in [1.54, 1.807) is 0 Å². The lowest BCUT2D eigenvalue weighted by Gasteiger charge is -2.14. The Balaban J connectivity index is 0.000000405. The first-order valence-corrected chi connectivity index (χ1v) is 19.7. The van der Waals surface area contributed by atoms with Gasteiger partial charge in [0.25, 0.3) is 0 Å². The molecule has 0 spiro atoms. The molecule has 11 heteroatoms. The van der Waals surface area contributed by atoms with Crippen LogP contribution in [0.15, 0.2) is 68.1 Å². The number of carbonyl (C=O) groups is 1. The molecule has 0 radical (unpaired) electrons. The van der Waals surface area contributed by atoms with Gasteiger partial charge in [0, 0.05) is 69.3 Å². The Morgan fingerprint density at radius 2 is 1.28 bits per heavy atom. The predicted octanol–water partition coefficient (Wildman–Crippen LogP) is 10.3. The van der Waals surface area contributed by atoms with E-state index in [9.17, 15) is 4.79 Å². The van der Waals surface area contributed by atoms with Crippen molar-refractivity contribution in [2.24, 2.45) is 0 Å². The van der Waals surface area contributed by atoms with E-state index < -0.39 is 0 Å². The highest BCUT2D eigenvalue weighted by molar-refractivity contribution is 8.13. The smallest absolute Gasteiger partial charge is 0.367 e. The molecule has 2 nitrogen and oxygen atoms in total. The van der Waals surface area contributed by atoms with Gasteiger partial charge in [-0.05, 0) is 55.1 Å². The first kappa shape index (κ1) is 38.1. The Bertz CT molecular complexity index is 888. The maximum Gasteiger partial charge on any atom is 0.367 e. The molecule has 2 aromatic rings. The molecule has 5 atom stereocenters. The zero-order chi connectivity index (χ0) is 29.2. The van der Waals surface area contributed by atoms with Crippen LogP contribution in [0.3, 0.4) is 0 Å². The van der Waals surface area contributed by atoms with E-state index in [2.05, 4.69) is 107 Å². The second-order valence-electron chi connectivity index (χ2n) is 9.09. The first-order chi connectivity index (χ1) is 18.4. The summed E-state index contributed by atoms with van der Waals surface area (Å²) in [4.78, 5) is 14.9. The number of hydrogen-bond donors (Lipinski definition) is 4. The number of benzene rings is 2. The van der Waals surface area contributed by atoms with Gasteiger partial charge >= 0.3 is 5.30 Å². The molecule has 1 aliphatic heterocycles. The molecule has 0 amide bonds. The van der Waals surface area contributed by atoms with Crippen molar-refractivity contribution in [3.8, 4) is 0 Å². The highest BCUT2D eigenvalue weighted by Gasteiger charge is 2.18. The van der Waals surface area contributed by atoms with Gasteiger partial charge in [-0.25, -0.2) is 4.79 Å². The van der Waals surface area contributed by atoms with Crippen LogP contribution in [0.5, 0.6) is 0 Å². The average Bonchev–Trinajstić information content (AvgIpc) is 3.26. The molecule has 220 valence electrons. The molecular formula is C28H42O2S9. The quantitative estimate of drug-likeness (QED) is 0.0996. The zero-order valence-electron chi connectivity index (χ0n) is 23.2. The number of thioether (sulfide) groups is 5. The third-order valence-corrected chi connectivity index (χ3v) is 12.8. The lowest BCUT2D eigenvalue weighted by atomic mass is 10.4. The molecule has 2 aromatic carbocycles. The van der Waals surface area contributed by atoms with Gasteiger partial charge in [-0.15, -0.1) is 48.8 Å². The van der Waals surface area contributed by atoms with Crippen LogP contribution >= 0.6 is 109 Å². The summed E-state index contributed by atoms with van der Waals surface area (Å²) >= 11 is 26.3. The van der Waals surface area contributed by atoms with E-state index in [1.165, 1.54) is 21.6 Å². The second kappa shape index (κ2) is 22.6. The molecule has 1 fully saturated rings. The van der Waals surface area contributed by atoms with Gasteiger partial charge in [0.15, 0.2) is 0 Å². The number of cyclic esters (lactones) is 1. The van der Waals surface area contributed by atoms with E-state index in [0.717, 1.165) is 38.6 Å². The maximum atomic E-state index is 10.2. The van der Waals surface area contributed by atoms with E-state index >= 15 is 0 Å². The summed E-state index contributed by atoms with van der Waals surface area (Å²) in [5.41, 5.74) is 0. The minimum absolute atomic E-state index is 0.132. The number of thiol groups is 4. The normalized spacial score (nSPS) is 17.6. The van der Waals surface area contributed by atoms with Crippen molar-refractivity contribution in [3.05, 3.63) is 48.5 Å². The van der Waals surface area contributed by atoms with Crippen molar-refractivity contribution in [1.82, 2.24) is 0 Å². The Hall–Kier alpha value is 1.06. The van der Waals surface area contributed by atoms with Crippen molar-refractivity contribution in [1.29, 1.82) is 0 Å². The summed E-state index contributed by atoms with van der Waals surface area (Å²) in [5.74, 6) is 5.39. The van der Waals surface area contributed by atoms with Crippen LogP contribution in [-0.2, 0) is 4.74 Å². The molecule has 1 saturated heterocycles. The summed E-state index contributed by atoms with van der Waals surface area (Å²) in [6.07, 6.45) is 0.137. The van der Waals surface area contributed by atoms with Crippen LogP contribution in [0.25, 0.3) is 0 Å². The Morgan fingerprint density at radius 3 is 1.59 bits per heavy atom. The largest absolute Gasteiger partial charge is 0.454 e. The highest BCUT2D eigenvalue weighted by atomic mass is 32.2. The molecule has 0 bridgehead atoms. The molecule has 1 heterocycles. The van der Waals surface area contributed by atoms with Crippen LogP contribution in [-0.4, -0.2) is 61.2 Å². The predicted molar refractivity (Wildman–Crippen MR) is 198 cm³/mol. The molecule has 5 unspecified atom stereocenters.